The third kappa shape index (κ3) is 2.94. The van der Waals surface area contributed by atoms with Crippen molar-refractivity contribution in [2.75, 3.05) is 19.6 Å². The Hall–Kier alpha value is -0.0800. The Morgan fingerprint density at radius 2 is 1.93 bits per heavy atom. The van der Waals surface area contributed by atoms with Crippen molar-refractivity contribution in [2.24, 2.45) is 23.5 Å². The molecule has 1 saturated heterocycles. The highest BCUT2D eigenvalue weighted by Gasteiger charge is 2.29. The van der Waals surface area contributed by atoms with E-state index in [1.54, 1.807) is 0 Å². The van der Waals surface area contributed by atoms with Crippen LogP contribution in [0.3, 0.4) is 0 Å². The summed E-state index contributed by atoms with van der Waals surface area (Å²) in [5, 5.41) is 0. The van der Waals surface area contributed by atoms with E-state index < -0.39 is 0 Å². The summed E-state index contributed by atoms with van der Waals surface area (Å²) in [6, 6.07) is 0.470. The molecule has 2 heteroatoms. The molecule has 0 aromatic heterocycles. The van der Waals surface area contributed by atoms with Gasteiger partial charge in [-0.3, -0.25) is 0 Å². The van der Waals surface area contributed by atoms with Crippen molar-refractivity contribution in [3.63, 3.8) is 0 Å². The van der Waals surface area contributed by atoms with Gasteiger partial charge in [-0.25, -0.2) is 0 Å². The van der Waals surface area contributed by atoms with Gasteiger partial charge in [0.15, 0.2) is 0 Å². The van der Waals surface area contributed by atoms with Crippen molar-refractivity contribution < 1.29 is 0 Å². The maximum absolute atomic E-state index is 6.23. The van der Waals surface area contributed by atoms with E-state index in [-0.39, 0.29) is 0 Å². The predicted molar refractivity (Wildman–Crippen MR) is 64.7 cm³/mol. The zero-order valence-electron chi connectivity index (χ0n) is 10.3. The van der Waals surface area contributed by atoms with Crippen molar-refractivity contribution in [1.29, 1.82) is 0 Å². The number of likely N-dealkylation sites (tertiary alicyclic amines) is 1. The van der Waals surface area contributed by atoms with Crippen LogP contribution in [0.15, 0.2) is 0 Å². The minimum absolute atomic E-state index is 0.470. The first-order valence-electron chi connectivity index (χ1n) is 6.63. The van der Waals surface area contributed by atoms with Crippen LogP contribution in [0.5, 0.6) is 0 Å². The zero-order valence-corrected chi connectivity index (χ0v) is 10.3. The first-order chi connectivity index (χ1) is 7.15. The molecular weight excluding hydrogens is 184 g/mol. The smallest absolute Gasteiger partial charge is 0.00795 e. The lowest BCUT2D eigenvalue weighted by molar-refractivity contribution is 0.178. The van der Waals surface area contributed by atoms with Crippen LogP contribution in [0.1, 0.15) is 39.5 Å². The molecule has 2 nitrogen and oxygen atoms in total. The Balaban J connectivity index is 1.82. The molecule has 0 radical (unpaired) electrons. The normalized spacial score (nSPS) is 43.4. The van der Waals surface area contributed by atoms with Gasteiger partial charge < -0.3 is 10.6 Å². The predicted octanol–water partition coefficient (Wildman–Crippen LogP) is 2.09. The van der Waals surface area contributed by atoms with E-state index in [2.05, 4.69) is 18.7 Å². The molecule has 0 aromatic carbocycles. The molecule has 4 atom stereocenters. The van der Waals surface area contributed by atoms with Gasteiger partial charge in [-0.15, -0.1) is 0 Å². The number of nitrogens with zero attached hydrogens (tertiary/aromatic N) is 1. The molecule has 88 valence electrons. The molecule has 0 bridgehead atoms. The molecule has 0 aromatic rings. The largest absolute Gasteiger partial charge is 0.327 e. The highest BCUT2D eigenvalue weighted by atomic mass is 15.1. The van der Waals surface area contributed by atoms with E-state index >= 15 is 0 Å². The maximum Gasteiger partial charge on any atom is 0.00795 e. The Labute approximate surface area is 94.2 Å². The number of rotatable bonds is 2. The van der Waals surface area contributed by atoms with Crippen LogP contribution in [0.25, 0.3) is 0 Å². The van der Waals surface area contributed by atoms with E-state index in [0.717, 1.165) is 17.8 Å². The van der Waals surface area contributed by atoms with Crippen LogP contribution in [0.2, 0.25) is 0 Å². The zero-order chi connectivity index (χ0) is 10.8. The molecule has 1 aliphatic heterocycles. The Morgan fingerprint density at radius 3 is 2.60 bits per heavy atom. The van der Waals surface area contributed by atoms with Gasteiger partial charge in [0.25, 0.3) is 0 Å². The number of hydrogen-bond donors (Lipinski definition) is 1. The van der Waals surface area contributed by atoms with E-state index in [4.69, 9.17) is 5.73 Å². The molecule has 0 spiro atoms. The van der Waals surface area contributed by atoms with Crippen molar-refractivity contribution >= 4 is 0 Å². The van der Waals surface area contributed by atoms with Crippen LogP contribution >= 0.6 is 0 Å². The van der Waals surface area contributed by atoms with Crippen LogP contribution in [0, 0.1) is 17.8 Å². The molecule has 1 saturated carbocycles. The molecule has 4 unspecified atom stereocenters. The van der Waals surface area contributed by atoms with Crippen molar-refractivity contribution in [3.05, 3.63) is 0 Å². The second kappa shape index (κ2) is 4.84. The lowest BCUT2D eigenvalue weighted by Crippen LogP contribution is -2.42. The second-order valence-electron chi connectivity index (χ2n) is 6.00. The summed E-state index contributed by atoms with van der Waals surface area (Å²) < 4.78 is 0. The minimum Gasteiger partial charge on any atom is -0.327 e. The average Bonchev–Trinajstić information content (AvgIpc) is 2.58. The Bertz CT molecular complexity index is 205. The summed E-state index contributed by atoms with van der Waals surface area (Å²) >= 11 is 0. The van der Waals surface area contributed by atoms with Crippen LogP contribution in [-0.4, -0.2) is 30.6 Å². The SMILES string of the molecule is CC1CCC(N)C(CN2CCC(C)C2)C1. The lowest BCUT2D eigenvalue weighted by atomic mass is 9.79. The van der Waals surface area contributed by atoms with E-state index in [1.807, 2.05) is 0 Å². The molecule has 0 amide bonds. The number of nitrogens with two attached hydrogens (primary N) is 1. The van der Waals surface area contributed by atoms with Gasteiger partial charge in [0.2, 0.25) is 0 Å². The fourth-order valence-electron chi connectivity index (χ4n) is 3.26. The van der Waals surface area contributed by atoms with E-state index in [9.17, 15) is 0 Å². The van der Waals surface area contributed by atoms with Gasteiger partial charge in [0.1, 0.15) is 0 Å². The first-order valence-corrected chi connectivity index (χ1v) is 6.63. The van der Waals surface area contributed by atoms with E-state index in [1.165, 1.54) is 45.3 Å². The molecule has 1 aliphatic carbocycles. The molecule has 2 fully saturated rings. The second-order valence-corrected chi connectivity index (χ2v) is 6.00. The summed E-state index contributed by atoms with van der Waals surface area (Å²) in [7, 11) is 0. The van der Waals surface area contributed by atoms with E-state index in [0.29, 0.717) is 6.04 Å². The quantitative estimate of drug-likeness (QED) is 0.756. The van der Waals surface area contributed by atoms with Crippen molar-refractivity contribution in [1.82, 2.24) is 4.90 Å². The van der Waals surface area contributed by atoms with Gasteiger partial charge in [0.05, 0.1) is 0 Å². The molecule has 1 heterocycles. The Kier molecular flexibility index (Phi) is 3.68. The van der Waals surface area contributed by atoms with Crippen LogP contribution in [0.4, 0.5) is 0 Å². The average molecular weight is 210 g/mol. The van der Waals surface area contributed by atoms with Gasteiger partial charge in [-0.1, -0.05) is 13.8 Å². The third-order valence-corrected chi connectivity index (χ3v) is 4.30. The summed E-state index contributed by atoms with van der Waals surface area (Å²) in [6.07, 6.45) is 5.33. The fraction of sp³-hybridized carbons (Fsp3) is 1.00. The van der Waals surface area contributed by atoms with Crippen molar-refractivity contribution in [2.45, 2.75) is 45.6 Å². The van der Waals surface area contributed by atoms with Gasteiger partial charge in [-0.2, -0.15) is 0 Å². The fourth-order valence-corrected chi connectivity index (χ4v) is 3.26. The minimum atomic E-state index is 0.470. The van der Waals surface area contributed by atoms with Gasteiger partial charge >= 0.3 is 0 Å². The van der Waals surface area contributed by atoms with Gasteiger partial charge in [0, 0.05) is 19.1 Å². The highest BCUT2D eigenvalue weighted by molar-refractivity contribution is 4.85. The summed E-state index contributed by atoms with van der Waals surface area (Å²) in [6.45, 7) is 8.61. The number of hydrogen-bond acceptors (Lipinski definition) is 2. The first kappa shape index (κ1) is 11.4. The molecular formula is C13H26N2. The van der Waals surface area contributed by atoms with Gasteiger partial charge in [-0.05, 0) is 50.0 Å². The standard InChI is InChI=1S/C13H26N2/c1-10-3-4-13(14)12(7-10)9-15-6-5-11(2)8-15/h10-13H,3-9,14H2,1-2H3. The summed E-state index contributed by atoms with van der Waals surface area (Å²) in [5.74, 6) is 2.57. The summed E-state index contributed by atoms with van der Waals surface area (Å²) in [5.41, 5.74) is 6.23. The topological polar surface area (TPSA) is 29.3 Å². The molecule has 2 rings (SSSR count). The van der Waals surface area contributed by atoms with Crippen LogP contribution < -0.4 is 5.73 Å². The monoisotopic (exact) mass is 210 g/mol. The molecule has 15 heavy (non-hydrogen) atoms. The molecule has 2 aliphatic rings. The Morgan fingerprint density at radius 1 is 1.13 bits per heavy atom. The van der Waals surface area contributed by atoms with Crippen LogP contribution in [-0.2, 0) is 0 Å². The highest BCUT2D eigenvalue weighted by Crippen LogP contribution is 2.29. The molecule has 2 N–H and O–H groups in total. The maximum atomic E-state index is 6.23. The van der Waals surface area contributed by atoms with Crippen molar-refractivity contribution in [3.8, 4) is 0 Å². The lowest BCUT2D eigenvalue weighted by Gasteiger charge is -2.35. The summed E-state index contributed by atoms with van der Waals surface area (Å²) in [4.78, 5) is 2.63. The third-order valence-electron chi connectivity index (χ3n) is 4.30.